The molecule has 0 unspecified atom stereocenters. The van der Waals surface area contributed by atoms with Crippen molar-refractivity contribution in [2.24, 2.45) is 0 Å². The second kappa shape index (κ2) is 5.47. The Bertz CT molecular complexity index is 932. The highest BCUT2D eigenvalue weighted by molar-refractivity contribution is 7.98. The lowest BCUT2D eigenvalue weighted by Crippen LogP contribution is -1.97. The van der Waals surface area contributed by atoms with E-state index in [4.69, 9.17) is 0 Å². The topological polar surface area (TPSA) is 80.2 Å². The zero-order chi connectivity index (χ0) is 14.9. The lowest BCUT2D eigenvalue weighted by molar-refractivity contribution is 0.971. The molecule has 4 rings (SSSR count). The molecule has 0 atom stereocenters. The number of nitrogens with zero attached hydrogens (tertiary/aromatic N) is 5. The number of hydrogen-bond donors (Lipinski definition) is 1. The number of aromatic nitrogens is 6. The zero-order valence-corrected chi connectivity index (χ0v) is 13.1. The van der Waals surface area contributed by atoms with Crippen molar-refractivity contribution in [3.63, 3.8) is 0 Å². The van der Waals surface area contributed by atoms with E-state index in [1.165, 1.54) is 11.8 Å². The fraction of sp³-hybridized carbons (Fsp3) is 0.0714. The molecule has 6 nitrogen and oxygen atoms in total. The molecule has 0 spiro atoms. The molecule has 0 aliphatic carbocycles. The Morgan fingerprint density at radius 3 is 2.86 bits per heavy atom. The average molecular weight is 326 g/mol. The summed E-state index contributed by atoms with van der Waals surface area (Å²) >= 11 is 3.12. The van der Waals surface area contributed by atoms with Crippen LogP contribution in [0.1, 0.15) is 0 Å². The number of thiophene rings is 1. The van der Waals surface area contributed by atoms with E-state index in [1.807, 2.05) is 29.8 Å². The average Bonchev–Trinajstić information content (AvgIpc) is 3.24. The minimum atomic E-state index is 0.583. The summed E-state index contributed by atoms with van der Waals surface area (Å²) in [5.41, 5.74) is 3.53. The van der Waals surface area contributed by atoms with Gasteiger partial charge in [0.25, 0.3) is 0 Å². The Labute approximate surface area is 134 Å². The molecule has 108 valence electrons. The lowest BCUT2D eigenvalue weighted by Gasteiger charge is -2.06. The van der Waals surface area contributed by atoms with E-state index in [9.17, 15) is 0 Å². The molecule has 0 fully saturated rings. The Morgan fingerprint density at radius 2 is 2.05 bits per heavy atom. The summed E-state index contributed by atoms with van der Waals surface area (Å²) in [4.78, 5) is 26.3. The van der Waals surface area contributed by atoms with Crippen molar-refractivity contribution in [3.05, 3.63) is 36.1 Å². The molecular weight excluding hydrogens is 316 g/mol. The van der Waals surface area contributed by atoms with E-state index in [1.54, 1.807) is 23.9 Å². The van der Waals surface area contributed by atoms with Crippen LogP contribution < -0.4 is 0 Å². The molecule has 1 N–H and O–H groups in total. The van der Waals surface area contributed by atoms with Gasteiger partial charge in [-0.25, -0.2) is 24.9 Å². The third-order valence-corrected chi connectivity index (χ3v) is 4.52. The first-order valence-corrected chi connectivity index (χ1v) is 8.58. The first-order valence-electron chi connectivity index (χ1n) is 6.47. The van der Waals surface area contributed by atoms with Crippen LogP contribution in [0.3, 0.4) is 0 Å². The van der Waals surface area contributed by atoms with Crippen molar-refractivity contribution in [1.29, 1.82) is 0 Å². The summed E-state index contributed by atoms with van der Waals surface area (Å²) < 4.78 is 0. The lowest BCUT2D eigenvalue weighted by atomic mass is 10.2. The number of H-pyrrole nitrogens is 1. The molecule has 4 aromatic rings. The molecular formula is C14H10N6S2. The van der Waals surface area contributed by atoms with Gasteiger partial charge in [-0.3, -0.25) is 0 Å². The number of fused-ring (bicyclic) bond motifs is 1. The molecule has 0 aliphatic rings. The Morgan fingerprint density at radius 1 is 1.09 bits per heavy atom. The van der Waals surface area contributed by atoms with Gasteiger partial charge in [-0.15, -0.1) is 11.3 Å². The van der Waals surface area contributed by atoms with Crippen LogP contribution in [0.25, 0.3) is 33.3 Å². The van der Waals surface area contributed by atoms with Crippen LogP contribution in [0.15, 0.2) is 41.3 Å². The highest BCUT2D eigenvalue weighted by Crippen LogP contribution is 2.32. The van der Waals surface area contributed by atoms with Crippen molar-refractivity contribution >= 4 is 34.4 Å². The van der Waals surface area contributed by atoms with E-state index in [2.05, 4.69) is 29.9 Å². The fourth-order valence-corrected chi connectivity index (χ4v) is 3.17. The number of hydrogen-bond acceptors (Lipinski definition) is 7. The van der Waals surface area contributed by atoms with Gasteiger partial charge in [-0.05, 0) is 23.8 Å². The molecule has 0 saturated carbocycles. The summed E-state index contributed by atoms with van der Waals surface area (Å²) in [6, 6.07) is 5.87. The summed E-state index contributed by atoms with van der Waals surface area (Å²) in [5.74, 6) is 0. The molecule has 0 amide bonds. The Hall–Kier alpha value is -2.32. The predicted molar refractivity (Wildman–Crippen MR) is 87.8 cm³/mol. The fourth-order valence-electron chi connectivity index (χ4n) is 2.10. The Kier molecular flexibility index (Phi) is 3.32. The molecule has 0 aliphatic heterocycles. The van der Waals surface area contributed by atoms with Gasteiger partial charge in [0.15, 0.2) is 16.5 Å². The van der Waals surface area contributed by atoms with Crippen molar-refractivity contribution < 1.29 is 0 Å². The first-order chi connectivity index (χ1) is 10.8. The van der Waals surface area contributed by atoms with Gasteiger partial charge in [0, 0.05) is 6.20 Å². The normalized spacial score (nSPS) is 11.1. The third kappa shape index (κ3) is 2.26. The summed E-state index contributed by atoms with van der Waals surface area (Å²) in [5, 5.41) is 2.73. The zero-order valence-electron chi connectivity index (χ0n) is 11.5. The van der Waals surface area contributed by atoms with E-state index in [-0.39, 0.29) is 0 Å². The highest BCUT2D eigenvalue weighted by Gasteiger charge is 2.16. The van der Waals surface area contributed by atoms with Crippen molar-refractivity contribution in [2.75, 3.05) is 6.26 Å². The van der Waals surface area contributed by atoms with Crippen molar-refractivity contribution in [1.82, 2.24) is 29.9 Å². The molecule has 4 heterocycles. The summed E-state index contributed by atoms with van der Waals surface area (Å²) in [6.45, 7) is 0. The van der Waals surface area contributed by atoms with Gasteiger partial charge < -0.3 is 4.98 Å². The van der Waals surface area contributed by atoms with Crippen LogP contribution in [0.5, 0.6) is 0 Å². The molecule has 4 aromatic heterocycles. The molecule has 0 aromatic carbocycles. The van der Waals surface area contributed by atoms with Crippen LogP contribution in [0, 0.1) is 0 Å². The minimum Gasteiger partial charge on any atom is -0.328 e. The van der Waals surface area contributed by atoms with E-state index in [0.717, 1.165) is 22.0 Å². The molecule has 22 heavy (non-hydrogen) atoms. The van der Waals surface area contributed by atoms with Gasteiger partial charge >= 0.3 is 0 Å². The molecule has 0 saturated heterocycles. The SMILES string of the molecule is CSc1nccc(-c2nc3nc[nH]c3nc2-c2cccs2)n1. The second-order valence-electron chi connectivity index (χ2n) is 4.40. The predicted octanol–water partition coefficient (Wildman–Crippen LogP) is 3.26. The van der Waals surface area contributed by atoms with Crippen LogP contribution in [-0.4, -0.2) is 36.2 Å². The second-order valence-corrected chi connectivity index (χ2v) is 6.12. The molecule has 0 radical (unpaired) electrons. The van der Waals surface area contributed by atoms with Gasteiger partial charge in [0.1, 0.15) is 11.4 Å². The monoisotopic (exact) mass is 326 g/mol. The number of rotatable bonds is 3. The van der Waals surface area contributed by atoms with Crippen LogP contribution in [0.2, 0.25) is 0 Å². The van der Waals surface area contributed by atoms with Gasteiger partial charge in [-0.2, -0.15) is 0 Å². The number of nitrogens with one attached hydrogen (secondary N) is 1. The summed E-state index contributed by atoms with van der Waals surface area (Å²) in [6.07, 6.45) is 5.28. The van der Waals surface area contributed by atoms with Gasteiger partial charge in [0.2, 0.25) is 0 Å². The maximum Gasteiger partial charge on any atom is 0.197 e. The number of aromatic amines is 1. The maximum absolute atomic E-state index is 4.67. The standard InChI is InChI=1S/C14H10N6S2/c1-21-14-15-5-4-8(18-14)10-11(9-3-2-6-22-9)20-13-12(19-10)16-7-17-13/h2-7H,1H3,(H,16,17,19,20). The van der Waals surface area contributed by atoms with Crippen LogP contribution in [-0.2, 0) is 0 Å². The molecule has 8 heteroatoms. The number of imidazole rings is 1. The quantitative estimate of drug-likeness (QED) is 0.460. The summed E-state index contributed by atoms with van der Waals surface area (Å²) in [7, 11) is 0. The smallest absolute Gasteiger partial charge is 0.197 e. The maximum atomic E-state index is 4.67. The number of thioether (sulfide) groups is 1. The first kappa shape index (κ1) is 13.4. The van der Waals surface area contributed by atoms with Gasteiger partial charge in [0.05, 0.1) is 16.9 Å². The van der Waals surface area contributed by atoms with E-state index in [0.29, 0.717) is 16.5 Å². The largest absolute Gasteiger partial charge is 0.328 e. The Balaban J connectivity index is 2.00. The molecule has 0 bridgehead atoms. The van der Waals surface area contributed by atoms with Gasteiger partial charge in [-0.1, -0.05) is 17.8 Å². The van der Waals surface area contributed by atoms with Crippen molar-refractivity contribution in [2.45, 2.75) is 5.16 Å². The van der Waals surface area contributed by atoms with E-state index >= 15 is 0 Å². The van der Waals surface area contributed by atoms with Crippen molar-refractivity contribution in [3.8, 4) is 22.0 Å². The highest BCUT2D eigenvalue weighted by atomic mass is 32.2. The van der Waals surface area contributed by atoms with E-state index < -0.39 is 0 Å². The minimum absolute atomic E-state index is 0.583. The third-order valence-electron chi connectivity index (χ3n) is 3.08. The van der Waals surface area contributed by atoms with Crippen LogP contribution in [0.4, 0.5) is 0 Å². The van der Waals surface area contributed by atoms with Crippen LogP contribution >= 0.6 is 23.1 Å².